The molecular weight excluding hydrogens is 471 g/mol. The van der Waals surface area contributed by atoms with E-state index in [1.54, 1.807) is 58.5 Å². The molecule has 160 valence electrons. The number of hydrogen-bond donors (Lipinski definition) is 4. The minimum Gasteiger partial charge on any atom is -0.412 e. The average molecular weight is 498 g/mol. The Morgan fingerprint density at radius 2 is 1.07 bits per heavy atom. The number of rotatable bonds is 2. The van der Waals surface area contributed by atoms with Crippen LogP contribution in [0.4, 0.5) is 21.0 Å². The van der Waals surface area contributed by atoms with Gasteiger partial charge in [-0.1, -0.05) is 0 Å². The molecule has 12 heteroatoms. The molecule has 0 aliphatic rings. The number of carbonyl (C=O) groups is 2. The predicted octanol–water partition coefficient (Wildman–Crippen LogP) is 0.842. The number of nitrogen functional groups attached to an aromatic ring is 2. The molecule has 0 aliphatic heterocycles. The maximum atomic E-state index is 11.6. The molecule has 6 N–H and O–H groups in total. The van der Waals surface area contributed by atoms with Crippen molar-refractivity contribution in [2.24, 2.45) is 0 Å². The zero-order valence-corrected chi connectivity index (χ0v) is 23.0. The van der Waals surface area contributed by atoms with E-state index in [0.717, 1.165) is 43.1 Å². The molecule has 2 aromatic rings. The molecule has 7 nitrogen and oxygen atoms in total. The van der Waals surface area contributed by atoms with Gasteiger partial charge in [-0.05, 0) is 59.9 Å². The zero-order chi connectivity index (χ0) is 21.4. The summed E-state index contributed by atoms with van der Waals surface area (Å²) in [6.45, 7) is 0. The van der Waals surface area contributed by atoms with Gasteiger partial charge in [0.15, 0.2) is 0 Å². The molecule has 0 saturated heterocycles. The first-order valence-electron chi connectivity index (χ1n) is 7.95. The van der Waals surface area contributed by atoms with Crippen LogP contribution in [-0.4, -0.2) is 53.9 Å². The first-order valence-corrected chi connectivity index (χ1v) is 10.5. The zero-order valence-electron chi connectivity index (χ0n) is 17.5. The van der Waals surface area contributed by atoms with Crippen molar-refractivity contribution < 1.29 is 44.6 Å². The van der Waals surface area contributed by atoms with Gasteiger partial charge in [0.1, 0.15) is 0 Å². The topological polar surface area (TPSA) is 124 Å². The van der Waals surface area contributed by atoms with Gasteiger partial charge in [-0.2, -0.15) is 0 Å². The van der Waals surface area contributed by atoms with E-state index in [9.17, 15) is 9.59 Å². The van der Waals surface area contributed by atoms with Crippen LogP contribution in [0.3, 0.4) is 0 Å². The molecule has 0 spiro atoms. The summed E-state index contributed by atoms with van der Waals surface area (Å²) < 4.78 is 0. The van der Waals surface area contributed by atoms with Crippen LogP contribution in [-0.2, 0) is 0 Å². The normalized spacial score (nSPS) is 9.27. The van der Waals surface area contributed by atoms with Gasteiger partial charge in [-0.25, -0.2) is 0 Å². The summed E-state index contributed by atoms with van der Waals surface area (Å²) >= 11 is 10.4. The average Bonchev–Trinajstić information content (AvgIpc) is 2.53. The Morgan fingerprint density at radius 3 is 1.37 bits per heavy atom. The number of anilines is 2. The van der Waals surface area contributed by atoms with Crippen molar-refractivity contribution in [3.8, 4) is 0 Å². The third-order valence-corrected chi connectivity index (χ3v) is 5.51. The van der Waals surface area contributed by atoms with Gasteiger partial charge in [0.2, 0.25) is 0 Å². The Morgan fingerprint density at radius 1 is 0.733 bits per heavy atom. The van der Waals surface area contributed by atoms with E-state index in [0.29, 0.717) is 11.4 Å². The maximum absolute atomic E-state index is 11.6. The van der Waals surface area contributed by atoms with Crippen molar-refractivity contribution in [1.29, 1.82) is 0 Å². The number of hydrogen-bond acceptors (Lipinski definition) is 8. The van der Waals surface area contributed by atoms with Gasteiger partial charge in [0, 0.05) is 59.1 Å². The van der Waals surface area contributed by atoms with Crippen LogP contribution in [0.25, 0.3) is 0 Å². The van der Waals surface area contributed by atoms with Crippen LogP contribution in [0.1, 0.15) is 0 Å². The van der Waals surface area contributed by atoms with Crippen molar-refractivity contribution in [1.82, 2.24) is 9.80 Å². The van der Waals surface area contributed by atoms with Gasteiger partial charge in [-0.3, -0.25) is 9.59 Å². The predicted molar refractivity (Wildman–Crippen MR) is 130 cm³/mol. The van der Waals surface area contributed by atoms with Gasteiger partial charge in [-0.15, -0.1) is 25.3 Å². The fourth-order valence-corrected chi connectivity index (χ4v) is 4.00. The number of amides is 2. The first kappa shape index (κ1) is 31.5. The molecular formula is C18H26N4NaO3S4+. The monoisotopic (exact) mass is 497 g/mol. The van der Waals surface area contributed by atoms with Crippen LogP contribution in [0.2, 0.25) is 0 Å². The standard InChI is InChI=1S/C12H17N3O2S2.C6H7NS2.Na.H2O/c1-14(2)11(16)18-9-5-8(13)6-10(7-9)19-12(17)15(3)4;7-4-1-5(8)3-6(9)2-4;;/h5-7H,13H2,1-4H3;1-3,8-9H,7H2;;1H2/q;;+1;. The fraction of sp³-hybridized carbons (Fsp3) is 0.222. The smallest absolute Gasteiger partial charge is 0.412 e. The SMILES string of the molecule is CN(C)C(=O)Sc1cc(N)cc(SC(=O)N(C)C)c1.Nc1cc(S)cc(S)c1.O.[Na+]. The number of carbonyl (C=O) groups excluding carboxylic acids is 2. The molecule has 0 saturated carbocycles. The van der Waals surface area contributed by atoms with Gasteiger partial charge in [0.05, 0.1) is 0 Å². The number of thioether (sulfide) groups is 2. The first-order chi connectivity index (χ1) is 13.0. The number of benzene rings is 2. The Labute approximate surface area is 219 Å². The Kier molecular flexibility index (Phi) is 16.0. The third kappa shape index (κ3) is 12.3. The fourth-order valence-electron chi connectivity index (χ4n) is 1.71. The summed E-state index contributed by atoms with van der Waals surface area (Å²) in [5.41, 5.74) is 12.5. The molecule has 0 fully saturated rings. The molecule has 0 radical (unpaired) electrons. The molecule has 2 rings (SSSR count). The molecule has 0 aromatic heterocycles. The summed E-state index contributed by atoms with van der Waals surface area (Å²) in [6.07, 6.45) is 0. The van der Waals surface area contributed by atoms with Crippen LogP contribution in [0.5, 0.6) is 0 Å². The summed E-state index contributed by atoms with van der Waals surface area (Å²) in [5.74, 6) is 0. The van der Waals surface area contributed by atoms with Crippen LogP contribution in [0.15, 0.2) is 56.0 Å². The molecule has 0 heterocycles. The maximum Gasteiger partial charge on any atom is 1.00 e. The van der Waals surface area contributed by atoms with E-state index in [1.807, 2.05) is 6.07 Å². The van der Waals surface area contributed by atoms with Crippen molar-refractivity contribution in [3.63, 3.8) is 0 Å². The van der Waals surface area contributed by atoms with E-state index < -0.39 is 0 Å². The third-order valence-electron chi connectivity index (χ3n) is 2.97. The molecule has 0 atom stereocenters. The van der Waals surface area contributed by atoms with Crippen molar-refractivity contribution >= 4 is 70.6 Å². The molecule has 0 bridgehead atoms. The van der Waals surface area contributed by atoms with E-state index in [2.05, 4.69) is 25.3 Å². The van der Waals surface area contributed by atoms with Crippen LogP contribution >= 0.6 is 48.8 Å². The van der Waals surface area contributed by atoms with Crippen LogP contribution < -0.4 is 41.0 Å². The van der Waals surface area contributed by atoms with Gasteiger partial charge in [0.25, 0.3) is 10.5 Å². The van der Waals surface area contributed by atoms with E-state index >= 15 is 0 Å². The Hall–Kier alpha value is -0.660. The number of nitrogens with zero attached hydrogens (tertiary/aromatic N) is 2. The molecule has 0 unspecified atom stereocenters. The largest absolute Gasteiger partial charge is 1.00 e. The van der Waals surface area contributed by atoms with E-state index in [-0.39, 0.29) is 45.5 Å². The second-order valence-corrected chi connectivity index (χ2v) is 9.13. The molecule has 30 heavy (non-hydrogen) atoms. The van der Waals surface area contributed by atoms with Crippen LogP contribution in [0, 0.1) is 0 Å². The van der Waals surface area contributed by atoms with E-state index in [1.165, 1.54) is 9.80 Å². The Balaban J connectivity index is 0. The Bertz CT molecular complexity index is 763. The van der Waals surface area contributed by atoms with Gasteiger partial charge < -0.3 is 26.7 Å². The van der Waals surface area contributed by atoms with Crippen molar-refractivity contribution in [3.05, 3.63) is 36.4 Å². The number of thiol groups is 2. The summed E-state index contributed by atoms with van der Waals surface area (Å²) in [7, 11) is 6.75. The second-order valence-electron chi connectivity index (χ2n) is 6.05. The van der Waals surface area contributed by atoms with Crippen molar-refractivity contribution in [2.75, 3.05) is 39.7 Å². The second kappa shape index (κ2) is 15.2. The molecule has 0 aliphatic carbocycles. The minimum absolute atomic E-state index is 0. The number of nitrogens with two attached hydrogens (primary N) is 2. The summed E-state index contributed by atoms with van der Waals surface area (Å²) in [4.78, 5) is 29.4. The summed E-state index contributed by atoms with van der Waals surface area (Å²) in [5, 5.41) is -0.166. The summed E-state index contributed by atoms with van der Waals surface area (Å²) in [6, 6.07) is 10.6. The minimum atomic E-state index is -0.0829. The van der Waals surface area contributed by atoms with Gasteiger partial charge >= 0.3 is 29.6 Å². The quantitative estimate of drug-likeness (QED) is 0.211. The molecule has 2 amide bonds. The molecule has 2 aromatic carbocycles. The van der Waals surface area contributed by atoms with Crippen molar-refractivity contribution in [2.45, 2.75) is 19.6 Å². The van der Waals surface area contributed by atoms with E-state index in [4.69, 9.17) is 11.5 Å².